The average Bonchev–Trinajstić information content (AvgIpc) is 3.41. The molecule has 38 heavy (non-hydrogen) atoms. The molecule has 0 aliphatic carbocycles. The molecule has 10 nitrogen and oxygen atoms in total. The van der Waals surface area contributed by atoms with Gasteiger partial charge >= 0.3 is 11.9 Å². The van der Waals surface area contributed by atoms with Crippen molar-refractivity contribution in [2.75, 3.05) is 32.8 Å². The van der Waals surface area contributed by atoms with E-state index in [1.54, 1.807) is 11.6 Å². The van der Waals surface area contributed by atoms with Crippen LogP contribution in [0.15, 0.2) is 50.5 Å². The molecule has 3 atom stereocenters. The van der Waals surface area contributed by atoms with Crippen LogP contribution in [0.2, 0.25) is 0 Å². The number of aliphatic imine (C=N–C) groups is 1. The minimum absolute atomic E-state index is 0.0466. The maximum atomic E-state index is 13.8. The van der Waals surface area contributed by atoms with Gasteiger partial charge in [-0.25, -0.2) is 14.2 Å². The summed E-state index contributed by atoms with van der Waals surface area (Å²) < 4.78 is 25.4. The molecule has 1 aromatic heterocycles. The van der Waals surface area contributed by atoms with Crippen molar-refractivity contribution in [3.8, 4) is 0 Å². The van der Waals surface area contributed by atoms with E-state index in [1.807, 2.05) is 18.7 Å². The minimum atomic E-state index is -1.14. The second-order valence-electron chi connectivity index (χ2n) is 9.33. The van der Waals surface area contributed by atoms with Crippen molar-refractivity contribution in [3.63, 3.8) is 0 Å². The van der Waals surface area contributed by atoms with E-state index < -0.39 is 35.9 Å². The monoisotopic (exact) mass is 609 g/mol. The van der Waals surface area contributed by atoms with Gasteiger partial charge in [0.15, 0.2) is 10.8 Å². The van der Waals surface area contributed by atoms with Gasteiger partial charge < -0.3 is 25.6 Å². The number of amidine groups is 1. The molecule has 1 aromatic carbocycles. The van der Waals surface area contributed by atoms with E-state index in [0.717, 1.165) is 0 Å². The highest BCUT2D eigenvalue weighted by Gasteiger charge is 2.34. The molecule has 0 bridgehead atoms. The average molecular weight is 611 g/mol. The van der Waals surface area contributed by atoms with E-state index in [9.17, 15) is 19.1 Å². The number of carbonyl (C=O) groups excluding carboxylic acids is 1. The first-order chi connectivity index (χ1) is 18.1. The second-order valence-corrected chi connectivity index (χ2v) is 11.1. The first-order valence-corrected chi connectivity index (χ1v) is 13.7. The van der Waals surface area contributed by atoms with Gasteiger partial charge in [0.2, 0.25) is 0 Å². The molecule has 0 saturated carbocycles. The molecule has 4 N–H and O–H groups in total. The van der Waals surface area contributed by atoms with E-state index in [-0.39, 0.29) is 24.6 Å². The maximum Gasteiger partial charge on any atom is 0.335 e. The third kappa shape index (κ3) is 6.64. The lowest BCUT2D eigenvalue weighted by atomic mass is 9.95. The summed E-state index contributed by atoms with van der Waals surface area (Å²) in [5.41, 5.74) is 6.88. The quantitative estimate of drug-likeness (QED) is 0.366. The number of rotatable bonds is 9. The van der Waals surface area contributed by atoms with Crippen molar-refractivity contribution in [1.29, 1.82) is 0 Å². The maximum absolute atomic E-state index is 13.8. The molecule has 4 rings (SSSR count). The Morgan fingerprint density at radius 1 is 1.42 bits per heavy atom. The van der Waals surface area contributed by atoms with Crippen LogP contribution in [0.4, 0.5) is 4.39 Å². The van der Waals surface area contributed by atoms with Crippen molar-refractivity contribution in [2.45, 2.75) is 32.0 Å². The number of aliphatic carboxylic acids is 1. The third-order valence-electron chi connectivity index (χ3n) is 6.25. The second kappa shape index (κ2) is 12.4. The Hall–Kier alpha value is -2.71. The highest BCUT2D eigenvalue weighted by atomic mass is 79.9. The molecule has 1 fully saturated rings. The lowest BCUT2D eigenvalue weighted by Crippen LogP contribution is -2.48. The summed E-state index contributed by atoms with van der Waals surface area (Å²) >= 11 is 4.73. The van der Waals surface area contributed by atoms with Gasteiger partial charge in [-0.1, -0.05) is 35.8 Å². The fourth-order valence-electron chi connectivity index (χ4n) is 4.16. The fraction of sp³-hybridized carbons (Fsp3) is 0.440. The number of hydrogen-bond donors (Lipinski definition) is 3. The van der Waals surface area contributed by atoms with Crippen molar-refractivity contribution < 1.29 is 28.6 Å². The molecule has 0 spiro atoms. The normalized spacial score (nSPS) is 21.2. The van der Waals surface area contributed by atoms with Crippen molar-refractivity contribution >= 4 is 45.0 Å². The molecule has 3 heterocycles. The molecule has 0 amide bonds. The Morgan fingerprint density at radius 3 is 2.87 bits per heavy atom. The van der Waals surface area contributed by atoms with Gasteiger partial charge in [-0.05, 0) is 23.6 Å². The Labute approximate surface area is 231 Å². The number of benzene rings is 1. The van der Waals surface area contributed by atoms with Gasteiger partial charge in [0.05, 0.1) is 12.2 Å². The molecule has 2 aliphatic rings. The summed E-state index contributed by atoms with van der Waals surface area (Å²) in [7, 11) is 0. The van der Waals surface area contributed by atoms with Crippen LogP contribution >= 0.6 is 27.3 Å². The third-order valence-corrected chi connectivity index (χ3v) is 7.72. The number of nitrogens with one attached hydrogen (secondary N) is 1. The largest absolute Gasteiger partial charge is 0.478 e. The topological polar surface area (TPSA) is 139 Å². The number of thiazole rings is 1. The lowest BCUT2D eigenvalue weighted by molar-refractivity contribution is -0.153. The smallest absolute Gasteiger partial charge is 0.335 e. The zero-order chi connectivity index (χ0) is 27.4. The van der Waals surface area contributed by atoms with Crippen molar-refractivity contribution in [2.24, 2.45) is 16.6 Å². The van der Waals surface area contributed by atoms with E-state index in [2.05, 4.69) is 31.2 Å². The number of ether oxygens (including phenoxy) is 2. The number of carboxylic acid groups (broad SMARTS) is 1. The summed E-state index contributed by atoms with van der Waals surface area (Å²) in [5.74, 6) is -1.69. The Balaban J connectivity index is 1.58. The summed E-state index contributed by atoms with van der Waals surface area (Å²) in [4.78, 5) is 35.7. The van der Waals surface area contributed by atoms with Crippen LogP contribution in [0.25, 0.3) is 0 Å². The number of carbonyl (C=O) groups is 2. The zero-order valence-electron chi connectivity index (χ0n) is 20.9. The molecule has 13 heteroatoms. The van der Waals surface area contributed by atoms with Crippen LogP contribution in [0.5, 0.6) is 0 Å². The number of morpholine rings is 1. The molecule has 204 valence electrons. The first kappa shape index (κ1) is 28.3. The molecule has 1 saturated heterocycles. The predicted octanol–water partition coefficient (Wildman–Crippen LogP) is 2.70. The van der Waals surface area contributed by atoms with E-state index >= 15 is 0 Å². The van der Waals surface area contributed by atoms with E-state index in [0.29, 0.717) is 46.3 Å². The zero-order valence-corrected chi connectivity index (χ0v) is 23.3. The Bertz CT molecular complexity index is 1240. The van der Waals surface area contributed by atoms with Gasteiger partial charge in [-0.3, -0.25) is 14.7 Å². The van der Waals surface area contributed by atoms with E-state index in [1.165, 1.54) is 29.5 Å². The van der Waals surface area contributed by atoms with Gasteiger partial charge in [-0.2, -0.15) is 0 Å². The Morgan fingerprint density at radius 2 is 2.21 bits per heavy atom. The summed E-state index contributed by atoms with van der Waals surface area (Å²) in [5, 5.41) is 15.8. The molecule has 2 aromatic rings. The SMILES string of the molecule is CC(C)[C@H](N)C(=O)OC[C@@H]1CN(CC2=C(C(=O)O)C(c3ccc(F)cc3Br)N=C(c3nccs3)N2)CCO1. The van der Waals surface area contributed by atoms with Crippen LogP contribution in [0.3, 0.4) is 0 Å². The van der Waals surface area contributed by atoms with Gasteiger partial charge in [-0.15, -0.1) is 11.3 Å². The number of esters is 1. The molecular formula is C25H29BrFN5O5S. The predicted molar refractivity (Wildman–Crippen MR) is 143 cm³/mol. The fourth-order valence-corrected chi connectivity index (χ4v) is 5.32. The van der Waals surface area contributed by atoms with Crippen molar-refractivity contribution in [3.05, 3.63) is 61.9 Å². The molecule has 2 aliphatic heterocycles. The number of aromatic nitrogens is 1. The van der Waals surface area contributed by atoms with Gasteiger partial charge in [0.1, 0.15) is 30.6 Å². The molecule has 1 unspecified atom stereocenters. The lowest BCUT2D eigenvalue weighted by Gasteiger charge is -2.35. The number of carboxylic acids is 1. The number of nitrogens with zero attached hydrogens (tertiary/aromatic N) is 3. The van der Waals surface area contributed by atoms with Gasteiger partial charge in [0.25, 0.3) is 0 Å². The summed E-state index contributed by atoms with van der Waals surface area (Å²) in [6.45, 7) is 5.33. The van der Waals surface area contributed by atoms with Gasteiger partial charge in [0, 0.05) is 41.4 Å². The Kier molecular flexibility index (Phi) is 9.26. The van der Waals surface area contributed by atoms with Crippen LogP contribution < -0.4 is 11.1 Å². The summed E-state index contributed by atoms with van der Waals surface area (Å²) in [6.07, 6.45) is 1.25. The van der Waals surface area contributed by atoms with E-state index in [4.69, 9.17) is 15.2 Å². The number of hydrogen-bond acceptors (Lipinski definition) is 10. The highest BCUT2D eigenvalue weighted by molar-refractivity contribution is 9.10. The number of nitrogens with two attached hydrogens (primary N) is 1. The van der Waals surface area contributed by atoms with Crippen LogP contribution in [0, 0.1) is 11.7 Å². The minimum Gasteiger partial charge on any atom is -0.478 e. The van der Waals surface area contributed by atoms with Crippen LogP contribution in [0.1, 0.15) is 30.5 Å². The standard InChI is InChI=1S/C25H29BrFN5O5S/c1-13(2)20(28)25(35)37-12-15-10-32(6-7-36-15)11-18-19(24(33)34)21(16-4-3-14(27)9-17(16)26)31-22(30-18)23-29-5-8-38-23/h3-5,8-9,13,15,20-21H,6-7,10-12,28H2,1-2H3,(H,30,31)(H,33,34)/t15-,20-,21?/m0/s1. The molecular weight excluding hydrogens is 581 g/mol. The number of halogens is 2. The van der Waals surface area contributed by atoms with Crippen molar-refractivity contribution in [1.82, 2.24) is 15.2 Å². The highest BCUT2D eigenvalue weighted by Crippen LogP contribution is 2.36. The summed E-state index contributed by atoms with van der Waals surface area (Å²) in [6, 6.07) is 2.48. The molecule has 0 radical (unpaired) electrons. The first-order valence-electron chi connectivity index (χ1n) is 12.1. The van der Waals surface area contributed by atoms with Crippen LogP contribution in [-0.2, 0) is 19.1 Å². The van der Waals surface area contributed by atoms with Crippen LogP contribution in [-0.4, -0.2) is 77.8 Å².